The van der Waals surface area contributed by atoms with Crippen LogP contribution in [0.2, 0.25) is 0 Å². The maximum Gasteiger partial charge on any atom is 0.485 e. The molecule has 4 aromatic rings. The molecule has 0 heterocycles. The quantitative estimate of drug-likeness (QED) is 0.121. The van der Waals surface area contributed by atoms with Crippen molar-refractivity contribution in [1.29, 1.82) is 0 Å². The van der Waals surface area contributed by atoms with E-state index in [9.17, 15) is 13.2 Å². The maximum absolute atomic E-state index is 10.7. The zero-order valence-corrected chi connectivity index (χ0v) is 27.2. The molecule has 4 aromatic carbocycles. The van der Waals surface area contributed by atoms with Gasteiger partial charge >= 0.3 is 5.51 Å². The van der Waals surface area contributed by atoms with Gasteiger partial charge in [-0.05, 0) is 73.9 Å². The first-order valence-corrected chi connectivity index (χ1v) is 16.8. The molecule has 0 saturated carbocycles. The molecule has 3 atom stereocenters. The molecule has 44 heavy (non-hydrogen) atoms. The number of benzene rings is 4. The van der Waals surface area contributed by atoms with Crippen molar-refractivity contribution in [3.63, 3.8) is 0 Å². The molecule has 0 aliphatic heterocycles. The Morgan fingerprint density at radius 1 is 0.795 bits per heavy atom. The van der Waals surface area contributed by atoms with Crippen LogP contribution in [0.1, 0.15) is 29.7 Å². The van der Waals surface area contributed by atoms with Crippen molar-refractivity contribution in [3.8, 4) is 5.75 Å². The Labute approximate surface area is 258 Å². The highest BCUT2D eigenvalue weighted by atomic mass is 32.2. The van der Waals surface area contributed by atoms with Crippen molar-refractivity contribution in [2.24, 2.45) is 0 Å². The molecule has 0 saturated heterocycles. The SMILES string of the molecule is COc1ccccc1[P+](c1ccccc1)(c1ccc(C)c(C)c1)N(C)[C@H](C)[C@@H](OC)c1ccccc1.O=S(=O)([O-])C(F)(F)F. The number of nitrogens with zero attached hydrogens (tertiary/aromatic N) is 1. The number of ether oxygens (including phenoxy) is 2. The molecular formula is C33H37F3NO5PS. The van der Waals surface area contributed by atoms with E-state index >= 15 is 0 Å². The Bertz CT molecular complexity index is 1620. The molecule has 0 aromatic heterocycles. The number of methoxy groups -OCH3 is 2. The van der Waals surface area contributed by atoms with Crippen molar-refractivity contribution in [3.05, 3.63) is 120 Å². The molecule has 0 bridgehead atoms. The molecule has 1 unspecified atom stereocenters. The summed E-state index contributed by atoms with van der Waals surface area (Å²) < 4.78 is 73.6. The van der Waals surface area contributed by atoms with Crippen molar-refractivity contribution in [2.45, 2.75) is 38.4 Å². The minimum Gasteiger partial charge on any atom is -0.741 e. The summed E-state index contributed by atoms with van der Waals surface area (Å²) in [4.78, 5) is 0. The lowest BCUT2D eigenvalue weighted by Crippen LogP contribution is -2.47. The number of hydrogen-bond acceptors (Lipinski definition) is 6. The van der Waals surface area contributed by atoms with Crippen LogP contribution in [0.15, 0.2) is 103 Å². The van der Waals surface area contributed by atoms with E-state index in [0.29, 0.717) is 0 Å². The average molecular weight is 648 g/mol. The molecule has 0 fully saturated rings. The molecule has 0 N–H and O–H groups in total. The van der Waals surface area contributed by atoms with Gasteiger partial charge in [0.15, 0.2) is 28.6 Å². The van der Waals surface area contributed by atoms with Gasteiger partial charge in [0.1, 0.15) is 16.7 Å². The van der Waals surface area contributed by atoms with Gasteiger partial charge in [-0.1, -0.05) is 66.7 Å². The number of hydrogen-bond donors (Lipinski definition) is 0. The summed E-state index contributed by atoms with van der Waals surface area (Å²) in [6.45, 7) is 6.65. The van der Waals surface area contributed by atoms with E-state index in [1.165, 1.54) is 32.6 Å². The second-order valence-electron chi connectivity index (χ2n) is 10.2. The lowest BCUT2D eigenvalue weighted by Gasteiger charge is -2.40. The number of para-hydroxylation sites is 1. The van der Waals surface area contributed by atoms with Crippen molar-refractivity contribution in [1.82, 2.24) is 4.67 Å². The summed E-state index contributed by atoms with van der Waals surface area (Å²) in [7, 11) is -2.62. The standard InChI is InChI=1S/C32H37NO2P.CHF3O3S/c1-24-21-22-29(23-25(24)2)36(28-17-11-8-12-18-28,31-20-14-13-19-30(31)34-5)33(4)26(3)32(35-6)27-15-9-7-10-16-27;2-1(3,4)8(5,6)7/h7-23,26,32H,1-6H3;(H,5,6,7)/q+1;/p-1/t26-,32-,36?;/m1./s1. The van der Waals surface area contributed by atoms with Gasteiger partial charge in [-0.25, -0.2) is 8.42 Å². The highest BCUT2D eigenvalue weighted by molar-refractivity contribution is 7.94. The van der Waals surface area contributed by atoms with Crippen LogP contribution >= 0.6 is 7.41 Å². The summed E-state index contributed by atoms with van der Waals surface area (Å²) in [5.74, 6) is 0.903. The largest absolute Gasteiger partial charge is 0.741 e. The third-order valence-corrected chi connectivity index (χ3v) is 12.6. The van der Waals surface area contributed by atoms with Crippen LogP contribution in [0.5, 0.6) is 5.75 Å². The Hall–Kier alpha value is -3.27. The van der Waals surface area contributed by atoms with Gasteiger partial charge in [0, 0.05) is 14.2 Å². The van der Waals surface area contributed by atoms with Gasteiger partial charge in [-0.15, -0.1) is 0 Å². The molecule has 0 amide bonds. The summed E-state index contributed by atoms with van der Waals surface area (Å²) >= 11 is 0. The van der Waals surface area contributed by atoms with Crippen LogP contribution in [0.25, 0.3) is 0 Å². The molecule has 4 rings (SSSR count). The van der Waals surface area contributed by atoms with Crippen LogP contribution < -0.4 is 20.7 Å². The molecule has 0 radical (unpaired) electrons. The lowest BCUT2D eigenvalue weighted by atomic mass is 10.0. The fourth-order valence-electron chi connectivity index (χ4n) is 5.15. The lowest BCUT2D eigenvalue weighted by molar-refractivity contribution is -0.0517. The summed E-state index contributed by atoms with van der Waals surface area (Å²) in [5.41, 5.74) is -1.90. The molecule has 0 aliphatic rings. The minimum atomic E-state index is -6.09. The number of halogens is 3. The van der Waals surface area contributed by atoms with E-state index in [1.807, 2.05) is 13.2 Å². The van der Waals surface area contributed by atoms with Crippen molar-refractivity contribution in [2.75, 3.05) is 21.3 Å². The van der Waals surface area contributed by atoms with Crippen molar-refractivity contribution < 1.29 is 35.6 Å². The summed E-state index contributed by atoms with van der Waals surface area (Å²) in [6, 6.07) is 36.9. The first-order valence-electron chi connectivity index (χ1n) is 13.7. The van der Waals surface area contributed by atoms with Crippen molar-refractivity contribution >= 4 is 33.4 Å². The van der Waals surface area contributed by atoms with E-state index in [2.05, 4.69) is 130 Å². The fraction of sp³-hybridized carbons (Fsp3) is 0.273. The van der Waals surface area contributed by atoms with Gasteiger partial charge < -0.3 is 14.0 Å². The predicted molar refractivity (Wildman–Crippen MR) is 170 cm³/mol. The van der Waals surface area contributed by atoms with Crippen LogP contribution in [0, 0.1) is 13.8 Å². The first-order chi connectivity index (χ1) is 20.7. The zero-order valence-electron chi connectivity index (χ0n) is 25.4. The average Bonchev–Trinajstić information content (AvgIpc) is 3.00. The van der Waals surface area contributed by atoms with Crippen LogP contribution in [0.3, 0.4) is 0 Å². The topological polar surface area (TPSA) is 78.9 Å². The Kier molecular flexibility index (Phi) is 11.7. The molecule has 0 aliphatic carbocycles. The maximum atomic E-state index is 10.7. The second-order valence-corrected chi connectivity index (χ2v) is 15.0. The molecule has 236 valence electrons. The van der Waals surface area contributed by atoms with E-state index in [4.69, 9.17) is 22.4 Å². The molecular weight excluding hydrogens is 610 g/mol. The van der Waals surface area contributed by atoms with Gasteiger partial charge in [0.05, 0.1) is 13.2 Å². The Morgan fingerprint density at radius 2 is 1.32 bits per heavy atom. The van der Waals surface area contributed by atoms with Gasteiger partial charge in [0.2, 0.25) is 0 Å². The van der Waals surface area contributed by atoms with Crippen LogP contribution in [0.4, 0.5) is 13.2 Å². The smallest absolute Gasteiger partial charge is 0.485 e. The highest BCUT2D eigenvalue weighted by Gasteiger charge is 2.54. The fourth-order valence-corrected chi connectivity index (χ4v) is 9.80. The first kappa shape index (κ1) is 35.2. The number of aryl methyl sites for hydroxylation is 2. The Morgan fingerprint density at radius 3 is 1.82 bits per heavy atom. The zero-order chi connectivity index (χ0) is 32.7. The number of alkyl halides is 3. The monoisotopic (exact) mass is 647 g/mol. The van der Waals surface area contributed by atoms with Crippen LogP contribution in [-0.4, -0.2) is 50.5 Å². The van der Waals surface area contributed by atoms with E-state index in [-0.39, 0.29) is 12.1 Å². The van der Waals surface area contributed by atoms with E-state index < -0.39 is 23.0 Å². The number of likely N-dealkylation sites (N-methyl/N-ethyl adjacent to an activating group) is 1. The minimum absolute atomic E-state index is 0.0671. The third-order valence-electron chi connectivity index (χ3n) is 7.59. The Balaban J connectivity index is 0.000000583. The van der Waals surface area contributed by atoms with E-state index in [0.717, 1.165) is 5.75 Å². The third kappa shape index (κ3) is 7.50. The van der Waals surface area contributed by atoms with E-state index in [1.54, 1.807) is 7.11 Å². The van der Waals surface area contributed by atoms with Gasteiger partial charge in [0.25, 0.3) is 0 Å². The van der Waals surface area contributed by atoms with Gasteiger partial charge in [-0.2, -0.15) is 17.8 Å². The summed E-state index contributed by atoms with van der Waals surface area (Å²) in [6.07, 6.45) is -0.0967. The predicted octanol–water partition coefficient (Wildman–Crippen LogP) is 6.28. The molecule has 0 spiro atoms. The molecule has 6 nitrogen and oxygen atoms in total. The molecule has 11 heteroatoms. The summed E-state index contributed by atoms with van der Waals surface area (Å²) in [5, 5.41) is 3.80. The second kappa shape index (κ2) is 14.7. The normalized spacial score (nSPS) is 14.6. The van der Waals surface area contributed by atoms with Crippen LogP contribution in [-0.2, 0) is 14.9 Å². The van der Waals surface area contributed by atoms with Gasteiger partial charge in [-0.3, -0.25) is 0 Å². The number of rotatable bonds is 9. The highest BCUT2D eigenvalue weighted by Crippen LogP contribution is 2.61.